The number of aryl methyl sites for hydroxylation is 1. The molecule has 3 nitrogen and oxygen atoms in total. The Morgan fingerprint density at radius 2 is 2.00 bits per heavy atom. The summed E-state index contributed by atoms with van der Waals surface area (Å²) in [6, 6.07) is 7.97. The number of hydrogen-bond donors (Lipinski definition) is 1. The molecule has 0 aromatic heterocycles. The fourth-order valence-corrected chi connectivity index (χ4v) is 2.58. The predicted octanol–water partition coefficient (Wildman–Crippen LogP) is 3.06. The molecule has 2 aliphatic rings. The largest absolute Gasteiger partial charge is 0.466 e. The van der Waals surface area contributed by atoms with Crippen LogP contribution in [0.25, 0.3) is 0 Å². The van der Waals surface area contributed by atoms with E-state index in [9.17, 15) is 4.79 Å². The van der Waals surface area contributed by atoms with Crippen LogP contribution in [0.1, 0.15) is 43.7 Å². The van der Waals surface area contributed by atoms with Crippen LogP contribution in [0.5, 0.6) is 0 Å². The molecule has 1 aromatic rings. The van der Waals surface area contributed by atoms with E-state index in [1.54, 1.807) is 19.3 Å². The molecule has 0 aliphatic heterocycles. The van der Waals surface area contributed by atoms with Gasteiger partial charge in [0.15, 0.2) is 0 Å². The molecule has 0 amide bonds. The number of carbonyl (C=O) groups is 1. The van der Waals surface area contributed by atoms with Crippen molar-refractivity contribution in [1.29, 1.82) is 0 Å². The SMILES string of the molecule is C1CC2CC12.CCOC(=O)CCc1cccc(CN)c1. The summed E-state index contributed by atoms with van der Waals surface area (Å²) >= 11 is 0. The van der Waals surface area contributed by atoms with Gasteiger partial charge in [0, 0.05) is 13.0 Å². The van der Waals surface area contributed by atoms with E-state index in [4.69, 9.17) is 10.5 Å². The third-order valence-corrected chi connectivity index (χ3v) is 4.13. The molecular formula is C17H25NO2. The second-order valence-electron chi connectivity index (χ2n) is 5.66. The zero-order chi connectivity index (χ0) is 14.4. The maximum atomic E-state index is 11.1. The van der Waals surface area contributed by atoms with Crippen LogP contribution in [0.3, 0.4) is 0 Å². The normalized spacial score (nSPS) is 21.9. The van der Waals surface area contributed by atoms with E-state index in [1.807, 2.05) is 31.2 Å². The molecule has 3 heteroatoms. The van der Waals surface area contributed by atoms with Crippen molar-refractivity contribution in [2.75, 3.05) is 6.61 Å². The first-order valence-corrected chi connectivity index (χ1v) is 7.66. The van der Waals surface area contributed by atoms with Crippen LogP contribution < -0.4 is 5.73 Å². The highest BCUT2D eigenvalue weighted by Gasteiger charge is 2.44. The average Bonchev–Trinajstić information content (AvgIpc) is 3.04. The maximum absolute atomic E-state index is 11.1. The molecule has 2 saturated carbocycles. The molecule has 0 bridgehead atoms. The third kappa shape index (κ3) is 4.64. The monoisotopic (exact) mass is 275 g/mol. The van der Waals surface area contributed by atoms with Crippen molar-refractivity contribution in [3.8, 4) is 0 Å². The number of carbonyl (C=O) groups excluding carboxylic acids is 1. The molecule has 20 heavy (non-hydrogen) atoms. The molecule has 2 aliphatic carbocycles. The van der Waals surface area contributed by atoms with Gasteiger partial charge in [-0.1, -0.05) is 24.3 Å². The summed E-state index contributed by atoms with van der Waals surface area (Å²) in [6.07, 6.45) is 5.85. The smallest absolute Gasteiger partial charge is 0.306 e. The lowest BCUT2D eigenvalue weighted by atomic mass is 10.0. The fraction of sp³-hybridized carbons (Fsp3) is 0.588. The quantitative estimate of drug-likeness (QED) is 0.840. The minimum Gasteiger partial charge on any atom is -0.466 e. The number of ether oxygens (including phenoxy) is 1. The Morgan fingerprint density at radius 3 is 2.50 bits per heavy atom. The zero-order valence-corrected chi connectivity index (χ0v) is 12.3. The van der Waals surface area contributed by atoms with E-state index in [0.29, 0.717) is 26.0 Å². The zero-order valence-electron chi connectivity index (χ0n) is 12.3. The van der Waals surface area contributed by atoms with Gasteiger partial charge in [-0.05, 0) is 55.6 Å². The highest BCUT2D eigenvalue weighted by Crippen LogP contribution is 2.55. The molecule has 1 aromatic carbocycles. The van der Waals surface area contributed by atoms with Crippen molar-refractivity contribution in [3.05, 3.63) is 35.4 Å². The first-order chi connectivity index (χ1) is 9.72. The number of nitrogens with two attached hydrogens (primary N) is 1. The minimum absolute atomic E-state index is 0.143. The van der Waals surface area contributed by atoms with E-state index in [0.717, 1.165) is 11.1 Å². The molecule has 0 spiro atoms. The summed E-state index contributed by atoms with van der Waals surface area (Å²) < 4.78 is 4.86. The van der Waals surface area contributed by atoms with Gasteiger partial charge in [0.05, 0.1) is 6.61 Å². The summed E-state index contributed by atoms with van der Waals surface area (Å²) in [6.45, 7) is 2.79. The van der Waals surface area contributed by atoms with Gasteiger partial charge in [0.25, 0.3) is 0 Å². The Labute approximate surface area is 121 Å². The highest BCUT2D eigenvalue weighted by atomic mass is 16.5. The van der Waals surface area contributed by atoms with Crippen molar-refractivity contribution < 1.29 is 9.53 Å². The number of rotatable bonds is 5. The fourth-order valence-electron chi connectivity index (χ4n) is 2.58. The van der Waals surface area contributed by atoms with Gasteiger partial charge in [0.1, 0.15) is 0 Å². The number of esters is 1. The van der Waals surface area contributed by atoms with Gasteiger partial charge in [-0.2, -0.15) is 0 Å². The lowest BCUT2D eigenvalue weighted by Gasteiger charge is -2.04. The molecule has 110 valence electrons. The van der Waals surface area contributed by atoms with Gasteiger partial charge < -0.3 is 10.5 Å². The van der Waals surface area contributed by atoms with Crippen molar-refractivity contribution in [2.45, 2.75) is 45.6 Å². The van der Waals surface area contributed by atoms with E-state index >= 15 is 0 Å². The average molecular weight is 275 g/mol. The van der Waals surface area contributed by atoms with Gasteiger partial charge >= 0.3 is 5.97 Å². The van der Waals surface area contributed by atoms with Crippen LogP contribution in [0.4, 0.5) is 0 Å². The first-order valence-electron chi connectivity index (χ1n) is 7.66. The third-order valence-electron chi connectivity index (χ3n) is 4.13. The summed E-state index contributed by atoms with van der Waals surface area (Å²) in [4.78, 5) is 11.1. The molecule has 0 heterocycles. The van der Waals surface area contributed by atoms with E-state index in [-0.39, 0.29) is 5.97 Å². The summed E-state index contributed by atoms with van der Waals surface area (Å²) in [5.41, 5.74) is 7.76. The van der Waals surface area contributed by atoms with Gasteiger partial charge in [0.2, 0.25) is 0 Å². The molecule has 2 unspecified atom stereocenters. The number of fused-ring (bicyclic) bond motifs is 1. The van der Waals surface area contributed by atoms with Crippen LogP contribution in [-0.2, 0) is 22.5 Å². The minimum atomic E-state index is -0.143. The standard InChI is InChI=1S/C12H17NO2.C5H8/c1-2-15-12(14)7-6-10-4-3-5-11(8-10)9-13;1-2-5-3-4(1)5/h3-5,8H,2,6-7,9,13H2,1H3;4-5H,1-3H2. The number of benzene rings is 1. The van der Waals surface area contributed by atoms with Crippen molar-refractivity contribution >= 4 is 5.97 Å². The van der Waals surface area contributed by atoms with E-state index in [1.165, 1.54) is 11.8 Å². The van der Waals surface area contributed by atoms with Crippen LogP contribution >= 0.6 is 0 Å². The summed E-state index contributed by atoms with van der Waals surface area (Å²) in [5, 5.41) is 0. The second-order valence-corrected chi connectivity index (χ2v) is 5.66. The molecule has 0 saturated heterocycles. The van der Waals surface area contributed by atoms with Crippen LogP contribution in [0.2, 0.25) is 0 Å². The number of hydrogen-bond acceptors (Lipinski definition) is 3. The van der Waals surface area contributed by atoms with Gasteiger partial charge in [-0.15, -0.1) is 0 Å². The second kappa shape index (κ2) is 7.44. The van der Waals surface area contributed by atoms with Crippen LogP contribution in [0, 0.1) is 11.8 Å². The Kier molecular flexibility index (Phi) is 5.60. The first kappa shape index (κ1) is 15.0. The Morgan fingerprint density at radius 1 is 1.30 bits per heavy atom. The van der Waals surface area contributed by atoms with Crippen molar-refractivity contribution in [1.82, 2.24) is 0 Å². The van der Waals surface area contributed by atoms with E-state index < -0.39 is 0 Å². The van der Waals surface area contributed by atoms with Crippen molar-refractivity contribution in [3.63, 3.8) is 0 Å². The molecule has 2 fully saturated rings. The van der Waals surface area contributed by atoms with Crippen LogP contribution in [-0.4, -0.2) is 12.6 Å². The van der Waals surface area contributed by atoms with E-state index in [2.05, 4.69) is 0 Å². The molecule has 2 N–H and O–H groups in total. The van der Waals surface area contributed by atoms with Crippen LogP contribution in [0.15, 0.2) is 24.3 Å². The molecule has 0 radical (unpaired) electrons. The van der Waals surface area contributed by atoms with Gasteiger partial charge in [-0.25, -0.2) is 0 Å². The Bertz CT molecular complexity index is 432. The summed E-state index contributed by atoms with van der Waals surface area (Å²) in [7, 11) is 0. The predicted molar refractivity (Wildman–Crippen MR) is 80.1 cm³/mol. The lowest BCUT2D eigenvalue weighted by Crippen LogP contribution is -2.05. The highest BCUT2D eigenvalue weighted by molar-refractivity contribution is 5.69. The molecular weight excluding hydrogens is 250 g/mol. The van der Waals surface area contributed by atoms with Crippen molar-refractivity contribution in [2.24, 2.45) is 17.6 Å². The summed E-state index contributed by atoms with van der Waals surface area (Å²) in [5.74, 6) is 2.32. The topological polar surface area (TPSA) is 52.3 Å². The Balaban J connectivity index is 0.000000238. The Hall–Kier alpha value is -1.35. The maximum Gasteiger partial charge on any atom is 0.306 e. The molecule has 3 rings (SSSR count). The molecule has 2 atom stereocenters. The van der Waals surface area contributed by atoms with Gasteiger partial charge in [-0.3, -0.25) is 4.79 Å². The lowest BCUT2D eigenvalue weighted by molar-refractivity contribution is -0.143.